The Bertz CT molecular complexity index is 376. The van der Waals surface area contributed by atoms with Crippen molar-refractivity contribution in [3.63, 3.8) is 0 Å². The maximum Gasteiger partial charge on any atom is 0.220 e. The summed E-state index contributed by atoms with van der Waals surface area (Å²) in [5, 5.41) is 6.09. The van der Waals surface area contributed by atoms with Gasteiger partial charge in [0.25, 0.3) is 0 Å². The van der Waals surface area contributed by atoms with Gasteiger partial charge in [0.05, 0.1) is 7.11 Å². The van der Waals surface area contributed by atoms with Gasteiger partial charge >= 0.3 is 0 Å². The molecule has 1 atom stereocenters. The van der Waals surface area contributed by atoms with E-state index in [1.807, 2.05) is 31.2 Å². The van der Waals surface area contributed by atoms with Crippen LogP contribution in [0.2, 0.25) is 0 Å². The van der Waals surface area contributed by atoms with Crippen LogP contribution in [0.3, 0.4) is 0 Å². The SMILES string of the molecule is CCNCCNC(=O)CC(C)c1ccc(OC)cc1. The van der Waals surface area contributed by atoms with Gasteiger partial charge in [-0.15, -0.1) is 0 Å². The van der Waals surface area contributed by atoms with E-state index in [2.05, 4.69) is 17.6 Å². The lowest BCUT2D eigenvalue weighted by atomic mass is 9.97. The maximum atomic E-state index is 11.7. The van der Waals surface area contributed by atoms with Crippen molar-refractivity contribution >= 4 is 5.91 Å². The van der Waals surface area contributed by atoms with Gasteiger partial charge in [-0.3, -0.25) is 4.79 Å². The van der Waals surface area contributed by atoms with Gasteiger partial charge in [0, 0.05) is 19.5 Å². The molecule has 19 heavy (non-hydrogen) atoms. The molecule has 0 heterocycles. The van der Waals surface area contributed by atoms with E-state index in [9.17, 15) is 4.79 Å². The molecule has 1 amide bonds. The van der Waals surface area contributed by atoms with E-state index in [0.29, 0.717) is 13.0 Å². The minimum Gasteiger partial charge on any atom is -0.497 e. The van der Waals surface area contributed by atoms with Crippen LogP contribution in [0.4, 0.5) is 0 Å². The van der Waals surface area contributed by atoms with E-state index in [-0.39, 0.29) is 11.8 Å². The summed E-state index contributed by atoms with van der Waals surface area (Å²) in [5.74, 6) is 1.15. The molecule has 0 saturated heterocycles. The standard InChI is InChI=1S/C15H24N2O2/c1-4-16-9-10-17-15(18)11-12(2)13-5-7-14(19-3)8-6-13/h5-8,12,16H,4,9-11H2,1-3H3,(H,17,18). The zero-order chi connectivity index (χ0) is 14.1. The normalized spacial score (nSPS) is 11.9. The number of carbonyl (C=O) groups excluding carboxylic acids is 1. The second-order valence-corrected chi connectivity index (χ2v) is 4.58. The molecule has 2 N–H and O–H groups in total. The molecule has 0 radical (unpaired) electrons. The van der Waals surface area contributed by atoms with Crippen LogP contribution >= 0.6 is 0 Å². The summed E-state index contributed by atoms with van der Waals surface area (Å²) in [6, 6.07) is 7.87. The van der Waals surface area contributed by atoms with Crippen LogP contribution in [0.15, 0.2) is 24.3 Å². The van der Waals surface area contributed by atoms with Crippen molar-refractivity contribution in [1.82, 2.24) is 10.6 Å². The Hall–Kier alpha value is -1.55. The van der Waals surface area contributed by atoms with Gasteiger partial charge in [0.15, 0.2) is 0 Å². The number of methoxy groups -OCH3 is 1. The molecule has 0 bridgehead atoms. The van der Waals surface area contributed by atoms with E-state index in [4.69, 9.17) is 4.74 Å². The van der Waals surface area contributed by atoms with E-state index in [0.717, 1.165) is 24.4 Å². The van der Waals surface area contributed by atoms with Crippen molar-refractivity contribution < 1.29 is 9.53 Å². The molecule has 106 valence electrons. The molecule has 4 heteroatoms. The Morgan fingerprint density at radius 1 is 1.26 bits per heavy atom. The molecule has 0 aliphatic heterocycles. The first kappa shape index (κ1) is 15.5. The minimum absolute atomic E-state index is 0.0984. The fourth-order valence-electron chi connectivity index (χ4n) is 1.87. The van der Waals surface area contributed by atoms with E-state index < -0.39 is 0 Å². The van der Waals surface area contributed by atoms with E-state index >= 15 is 0 Å². The predicted octanol–water partition coefficient (Wildman–Crippen LogP) is 1.91. The number of carbonyl (C=O) groups is 1. The number of ether oxygens (including phenoxy) is 1. The van der Waals surface area contributed by atoms with Gasteiger partial charge < -0.3 is 15.4 Å². The summed E-state index contributed by atoms with van der Waals surface area (Å²) >= 11 is 0. The van der Waals surface area contributed by atoms with Crippen molar-refractivity contribution in [3.05, 3.63) is 29.8 Å². The number of nitrogens with one attached hydrogen (secondary N) is 2. The highest BCUT2D eigenvalue weighted by atomic mass is 16.5. The fourth-order valence-corrected chi connectivity index (χ4v) is 1.87. The third kappa shape index (κ3) is 5.75. The highest BCUT2D eigenvalue weighted by molar-refractivity contribution is 5.76. The average molecular weight is 264 g/mol. The van der Waals surface area contributed by atoms with Crippen LogP contribution in [0.5, 0.6) is 5.75 Å². The highest BCUT2D eigenvalue weighted by Crippen LogP contribution is 2.21. The smallest absolute Gasteiger partial charge is 0.220 e. The summed E-state index contributed by atoms with van der Waals surface area (Å²) < 4.78 is 5.12. The summed E-state index contributed by atoms with van der Waals surface area (Å²) in [7, 11) is 1.65. The number of hydrogen-bond donors (Lipinski definition) is 2. The summed E-state index contributed by atoms with van der Waals surface area (Å²) in [6.07, 6.45) is 0.512. The Balaban J connectivity index is 2.36. The number of likely N-dealkylation sites (N-methyl/N-ethyl adjacent to an activating group) is 1. The third-order valence-electron chi connectivity index (χ3n) is 3.05. The maximum absolute atomic E-state index is 11.7. The van der Waals surface area contributed by atoms with Gasteiger partial charge in [-0.2, -0.15) is 0 Å². The lowest BCUT2D eigenvalue weighted by molar-refractivity contribution is -0.121. The predicted molar refractivity (Wildman–Crippen MR) is 77.6 cm³/mol. The molecule has 0 fully saturated rings. The molecule has 0 aromatic heterocycles. The largest absolute Gasteiger partial charge is 0.497 e. The van der Waals surface area contributed by atoms with Gasteiger partial charge in [-0.1, -0.05) is 26.0 Å². The van der Waals surface area contributed by atoms with Crippen LogP contribution in [0, 0.1) is 0 Å². The van der Waals surface area contributed by atoms with Crippen molar-refractivity contribution in [2.45, 2.75) is 26.2 Å². The number of amides is 1. The molecular formula is C15H24N2O2. The molecule has 0 saturated carbocycles. The second kappa shape index (κ2) is 8.53. The summed E-state index contributed by atoms with van der Waals surface area (Å²) in [5.41, 5.74) is 1.16. The number of hydrogen-bond acceptors (Lipinski definition) is 3. The minimum atomic E-state index is 0.0984. The molecule has 1 aromatic carbocycles. The Labute approximate surface area is 115 Å². The van der Waals surface area contributed by atoms with Gasteiger partial charge in [0.2, 0.25) is 5.91 Å². The first-order valence-electron chi connectivity index (χ1n) is 6.78. The second-order valence-electron chi connectivity index (χ2n) is 4.58. The summed E-state index contributed by atoms with van der Waals surface area (Å²) in [6.45, 7) is 6.54. The van der Waals surface area contributed by atoms with E-state index in [1.54, 1.807) is 7.11 Å². The molecular weight excluding hydrogens is 240 g/mol. The Kier molecular flexibility index (Phi) is 6.97. The highest BCUT2D eigenvalue weighted by Gasteiger charge is 2.10. The van der Waals surface area contributed by atoms with Crippen molar-refractivity contribution in [1.29, 1.82) is 0 Å². The lowest BCUT2D eigenvalue weighted by Gasteiger charge is -2.12. The molecule has 1 aromatic rings. The van der Waals surface area contributed by atoms with Crippen LogP contribution in [0.25, 0.3) is 0 Å². The number of benzene rings is 1. The van der Waals surface area contributed by atoms with Crippen molar-refractivity contribution in [2.24, 2.45) is 0 Å². The molecule has 0 aliphatic rings. The quantitative estimate of drug-likeness (QED) is 0.705. The molecule has 1 unspecified atom stereocenters. The van der Waals surface area contributed by atoms with E-state index in [1.165, 1.54) is 0 Å². The zero-order valence-corrected chi connectivity index (χ0v) is 12.0. The molecule has 0 spiro atoms. The number of rotatable bonds is 8. The van der Waals surface area contributed by atoms with Gasteiger partial charge in [-0.25, -0.2) is 0 Å². The van der Waals surface area contributed by atoms with Crippen LogP contribution in [-0.4, -0.2) is 32.7 Å². The van der Waals surface area contributed by atoms with Gasteiger partial charge in [0.1, 0.15) is 5.75 Å². The van der Waals surface area contributed by atoms with Crippen molar-refractivity contribution in [3.8, 4) is 5.75 Å². The van der Waals surface area contributed by atoms with Crippen LogP contribution < -0.4 is 15.4 Å². The monoisotopic (exact) mass is 264 g/mol. The zero-order valence-electron chi connectivity index (χ0n) is 12.0. The Morgan fingerprint density at radius 3 is 2.53 bits per heavy atom. The Morgan fingerprint density at radius 2 is 1.95 bits per heavy atom. The molecule has 0 aliphatic carbocycles. The first-order valence-corrected chi connectivity index (χ1v) is 6.78. The fraction of sp³-hybridized carbons (Fsp3) is 0.533. The average Bonchev–Trinajstić information content (AvgIpc) is 2.43. The van der Waals surface area contributed by atoms with Crippen LogP contribution in [0.1, 0.15) is 31.7 Å². The topological polar surface area (TPSA) is 50.4 Å². The summed E-state index contributed by atoms with van der Waals surface area (Å²) in [4.78, 5) is 11.7. The first-order chi connectivity index (χ1) is 9.17. The van der Waals surface area contributed by atoms with Crippen LogP contribution in [-0.2, 0) is 4.79 Å². The molecule has 1 rings (SSSR count). The molecule has 4 nitrogen and oxygen atoms in total. The van der Waals surface area contributed by atoms with Crippen molar-refractivity contribution in [2.75, 3.05) is 26.7 Å². The lowest BCUT2D eigenvalue weighted by Crippen LogP contribution is -2.32. The van der Waals surface area contributed by atoms with Gasteiger partial charge in [-0.05, 0) is 30.2 Å². The third-order valence-corrected chi connectivity index (χ3v) is 3.05.